The molecule has 2 N–H and O–H groups in total. The van der Waals surface area contributed by atoms with E-state index in [2.05, 4.69) is 10.7 Å². The van der Waals surface area contributed by atoms with Gasteiger partial charge in [0.25, 0.3) is 0 Å². The fourth-order valence-corrected chi connectivity index (χ4v) is 1.29. The van der Waals surface area contributed by atoms with Gasteiger partial charge in [-0.15, -0.1) is 0 Å². The highest BCUT2D eigenvalue weighted by Gasteiger charge is 2.19. The Morgan fingerprint density at radius 3 is 2.71 bits per heavy atom. The molecule has 0 unspecified atom stereocenters. The smallest absolute Gasteiger partial charge is 0.240 e. The Balaban J connectivity index is 1.62. The summed E-state index contributed by atoms with van der Waals surface area (Å²) in [4.78, 5) is 11.3. The van der Waals surface area contributed by atoms with Crippen LogP contribution in [0.25, 0.3) is 0 Å². The lowest BCUT2D eigenvalue weighted by Gasteiger charge is -2.06. The molecule has 0 aliphatic heterocycles. The Hall–Kier alpha value is -1.29. The second-order valence-corrected chi connectivity index (χ2v) is 3.60. The number of carbonyl (C=O) groups excluding carboxylic acids is 1. The monoisotopic (exact) mass is 193 g/mol. The number of hydrogen-bond acceptors (Lipinski definition) is 2. The number of carbonyl (C=O) groups is 1. The van der Waals surface area contributed by atoms with Crippen molar-refractivity contribution in [3.8, 4) is 0 Å². The fourth-order valence-electron chi connectivity index (χ4n) is 1.29. The van der Waals surface area contributed by atoms with Crippen molar-refractivity contribution >= 4 is 5.91 Å². The van der Waals surface area contributed by atoms with Crippen molar-refractivity contribution in [2.75, 3.05) is 12.0 Å². The molecule has 1 saturated carbocycles. The van der Waals surface area contributed by atoms with E-state index in [1.807, 2.05) is 24.5 Å². The van der Waals surface area contributed by atoms with Crippen LogP contribution in [0.5, 0.6) is 0 Å². The van der Waals surface area contributed by atoms with E-state index in [0.717, 1.165) is 6.54 Å². The summed E-state index contributed by atoms with van der Waals surface area (Å²) in [6.07, 6.45) is 6.69. The average Bonchev–Trinajstić information content (AvgIpc) is 2.83. The fraction of sp³-hybridized carbons (Fsp3) is 0.500. The minimum absolute atomic E-state index is 0.0503. The molecule has 0 atom stereocenters. The van der Waals surface area contributed by atoms with E-state index in [1.165, 1.54) is 12.8 Å². The number of aromatic nitrogens is 1. The van der Waals surface area contributed by atoms with Gasteiger partial charge in [-0.3, -0.25) is 14.9 Å². The molecule has 1 heterocycles. The van der Waals surface area contributed by atoms with Crippen molar-refractivity contribution in [2.24, 2.45) is 0 Å². The third-order valence-corrected chi connectivity index (χ3v) is 2.22. The van der Waals surface area contributed by atoms with E-state index < -0.39 is 0 Å². The third-order valence-electron chi connectivity index (χ3n) is 2.22. The maximum absolute atomic E-state index is 11.3. The first-order chi connectivity index (χ1) is 6.84. The maximum Gasteiger partial charge on any atom is 0.240 e. The summed E-state index contributed by atoms with van der Waals surface area (Å²) < 4.78 is 1.67. The second kappa shape index (κ2) is 4.28. The Bertz CT molecular complexity index is 290. The molecule has 0 spiro atoms. The number of amides is 1. The third kappa shape index (κ3) is 2.88. The molecule has 1 aliphatic rings. The molecular formula is C10H15N3O. The van der Waals surface area contributed by atoms with Gasteiger partial charge in [-0.1, -0.05) is 0 Å². The number of rotatable bonds is 5. The Morgan fingerprint density at radius 1 is 1.36 bits per heavy atom. The zero-order chi connectivity index (χ0) is 9.80. The van der Waals surface area contributed by atoms with E-state index in [-0.39, 0.29) is 5.91 Å². The summed E-state index contributed by atoms with van der Waals surface area (Å²) in [5, 5.41) is 3.30. The molecule has 1 fully saturated rings. The van der Waals surface area contributed by atoms with Gasteiger partial charge in [0.1, 0.15) is 0 Å². The van der Waals surface area contributed by atoms with E-state index in [1.54, 1.807) is 4.68 Å². The SMILES string of the molecule is O=C(CCNC1CC1)Nn1cccc1. The molecule has 14 heavy (non-hydrogen) atoms. The van der Waals surface area contributed by atoms with Gasteiger partial charge in [0.05, 0.1) is 0 Å². The zero-order valence-corrected chi connectivity index (χ0v) is 8.07. The van der Waals surface area contributed by atoms with Crippen molar-refractivity contribution in [2.45, 2.75) is 25.3 Å². The van der Waals surface area contributed by atoms with Crippen LogP contribution in [0, 0.1) is 0 Å². The van der Waals surface area contributed by atoms with Gasteiger partial charge in [-0.2, -0.15) is 0 Å². The zero-order valence-electron chi connectivity index (χ0n) is 8.07. The molecule has 4 heteroatoms. The quantitative estimate of drug-likeness (QED) is 0.723. The molecule has 1 aliphatic carbocycles. The number of hydrogen-bond donors (Lipinski definition) is 2. The lowest BCUT2D eigenvalue weighted by Crippen LogP contribution is -2.27. The van der Waals surface area contributed by atoms with Gasteiger partial charge in [0.2, 0.25) is 5.91 Å². The summed E-state index contributed by atoms with van der Waals surface area (Å²) in [6, 6.07) is 4.43. The van der Waals surface area contributed by atoms with Crippen LogP contribution < -0.4 is 10.7 Å². The first kappa shape index (κ1) is 9.27. The van der Waals surface area contributed by atoms with Crippen molar-refractivity contribution in [1.29, 1.82) is 0 Å². The van der Waals surface area contributed by atoms with Crippen molar-refractivity contribution in [3.63, 3.8) is 0 Å². The topological polar surface area (TPSA) is 46.1 Å². The van der Waals surface area contributed by atoms with E-state index in [0.29, 0.717) is 12.5 Å². The first-order valence-electron chi connectivity index (χ1n) is 5.01. The lowest BCUT2D eigenvalue weighted by atomic mass is 10.4. The highest BCUT2D eigenvalue weighted by atomic mass is 16.2. The summed E-state index contributed by atoms with van der Waals surface area (Å²) in [6.45, 7) is 0.776. The summed E-state index contributed by atoms with van der Waals surface area (Å²) in [7, 11) is 0. The van der Waals surface area contributed by atoms with Gasteiger partial charge in [-0.05, 0) is 25.0 Å². The van der Waals surface area contributed by atoms with E-state index in [4.69, 9.17) is 0 Å². The van der Waals surface area contributed by atoms with Gasteiger partial charge in [0.15, 0.2) is 0 Å². The first-order valence-corrected chi connectivity index (χ1v) is 5.01. The molecule has 1 aromatic rings. The summed E-state index contributed by atoms with van der Waals surface area (Å²) in [5.74, 6) is 0.0503. The Labute approximate surface area is 83.3 Å². The molecule has 4 nitrogen and oxygen atoms in total. The van der Waals surface area contributed by atoms with Crippen molar-refractivity contribution in [1.82, 2.24) is 9.99 Å². The minimum atomic E-state index is 0.0503. The molecule has 0 aromatic carbocycles. The van der Waals surface area contributed by atoms with Gasteiger partial charge < -0.3 is 5.32 Å². The van der Waals surface area contributed by atoms with Gasteiger partial charge in [0, 0.05) is 31.4 Å². The number of nitrogens with zero attached hydrogens (tertiary/aromatic N) is 1. The van der Waals surface area contributed by atoms with Crippen molar-refractivity contribution < 1.29 is 4.79 Å². The van der Waals surface area contributed by atoms with Gasteiger partial charge in [-0.25, -0.2) is 0 Å². The average molecular weight is 193 g/mol. The van der Waals surface area contributed by atoms with Crippen LogP contribution in [0.1, 0.15) is 19.3 Å². The summed E-state index contributed by atoms with van der Waals surface area (Å²) in [5.41, 5.74) is 2.75. The molecule has 2 rings (SSSR count). The lowest BCUT2D eigenvalue weighted by molar-refractivity contribution is -0.117. The highest BCUT2D eigenvalue weighted by molar-refractivity contribution is 5.83. The van der Waals surface area contributed by atoms with Crippen LogP contribution in [0.3, 0.4) is 0 Å². The summed E-state index contributed by atoms with van der Waals surface area (Å²) >= 11 is 0. The van der Waals surface area contributed by atoms with Crippen LogP contribution in [0.4, 0.5) is 0 Å². The van der Waals surface area contributed by atoms with Gasteiger partial charge >= 0.3 is 0 Å². The van der Waals surface area contributed by atoms with E-state index >= 15 is 0 Å². The molecule has 0 radical (unpaired) electrons. The molecule has 1 aromatic heterocycles. The van der Waals surface area contributed by atoms with Crippen molar-refractivity contribution in [3.05, 3.63) is 24.5 Å². The van der Waals surface area contributed by atoms with Crippen LogP contribution in [0.2, 0.25) is 0 Å². The maximum atomic E-state index is 11.3. The predicted molar refractivity (Wildman–Crippen MR) is 54.4 cm³/mol. The Kier molecular flexibility index (Phi) is 2.84. The highest BCUT2D eigenvalue weighted by Crippen LogP contribution is 2.18. The second-order valence-electron chi connectivity index (χ2n) is 3.60. The van der Waals surface area contributed by atoms with Crippen LogP contribution in [-0.2, 0) is 4.79 Å². The predicted octanol–water partition coefficient (Wildman–Crippen LogP) is 0.700. The standard InChI is InChI=1S/C10H15N3O/c14-10(5-6-11-9-3-4-9)12-13-7-1-2-8-13/h1-2,7-9,11H,3-6H2,(H,12,14). The molecule has 1 amide bonds. The van der Waals surface area contributed by atoms with Crippen LogP contribution in [0.15, 0.2) is 24.5 Å². The molecule has 0 saturated heterocycles. The normalized spacial score (nSPS) is 15.4. The van der Waals surface area contributed by atoms with Crippen LogP contribution in [-0.4, -0.2) is 23.2 Å². The largest absolute Gasteiger partial charge is 0.313 e. The number of nitrogens with one attached hydrogen (secondary N) is 2. The molecule has 0 bridgehead atoms. The van der Waals surface area contributed by atoms with E-state index in [9.17, 15) is 4.79 Å². The van der Waals surface area contributed by atoms with Crippen LogP contribution >= 0.6 is 0 Å². The Morgan fingerprint density at radius 2 is 2.07 bits per heavy atom. The minimum Gasteiger partial charge on any atom is -0.313 e. The molecule has 76 valence electrons. The molecular weight excluding hydrogens is 178 g/mol.